The van der Waals surface area contributed by atoms with E-state index in [0.717, 1.165) is 16.3 Å². The van der Waals surface area contributed by atoms with Crippen LogP contribution in [0, 0.1) is 16.0 Å². The van der Waals surface area contributed by atoms with Crippen molar-refractivity contribution in [2.45, 2.75) is 11.8 Å². The molecule has 3 aromatic rings. The van der Waals surface area contributed by atoms with E-state index < -0.39 is 4.92 Å². The molecule has 1 aliphatic rings. The number of hydrogen-bond donors (Lipinski definition) is 0. The number of benzene rings is 2. The molecular formula is C17H10BrClN2O4. The van der Waals surface area contributed by atoms with E-state index in [0.29, 0.717) is 11.4 Å². The zero-order valence-electron chi connectivity index (χ0n) is 12.6. The van der Waals surface area contributed by atoms with Gasteiger partial charge in [0.25, 0.3) is 5.69 Å². The molecule has 1 saturated carbocycles. The molecule has 0 saturated heterocycles. The summed E-state index contributed by atoms with van der Waals surface area (Å²) in [7, 11) is 0. The van der Waals surface area contributed by atoms with Gasteiger partial charge >= 0.3 is 0 Å². The SMILES string of the molecule is O=C[C@@H]1[C@@H](c2ccc(Br)cc2)[C@H]1c1nc2cc(Cl)c([N+](=O)[O-])cc2o1. The molecule has 0 bridgehead atoms. The van der Waals surface area contributed by atoms with E-state index >= 15 is 0 Å². The van der Waals surface area contributed by atoms with E-state index in [-0.39, 0.29) is 34.0 Å². The maximum Gasteiger partial charge on any atom is 0.291 e. The van der Waals surface area contributed by atoms with Crippen LogP contribution in [-0.2, 0) is 4.79 Å². The van der Waals surface area contributed by atoms with Crippen molar-refractivity contribution in [1.82, 2.24) is 4.98 Å². The zero-order valence-corrected chi connectivity index (χ0v) is 14.9. The standard InChI is InChI=1S/C17H10BrClN2O4/c18-9-3-1-8(2-4-9)15-10(7-22)16(15)17-20-12-5-11(19)13(21(23)24)6-14(12)25-17/h1-7,10,15-16H/t10-,15-,16+/m1/s1. The predicted molar refractivity (Wildman–Crippen MR) is 94.9 cm³/mol. The van der Waals surface area contributed by atoms with Crippen LogP contribution in [0.5, 0.6) is 0 Å². The molecule has 2 aromatic carbocycles. The van der Waals surface area contributed by atoms with Gasteiger partial charge in [-0.05, 0) is 23.8 Å². The van der Waals surface area contributed by atoms with Crippen LogP contribution in [0.4, 0.5) is 5.69 Å². The van der Waals surface area contributed by atoms with Crippen molar-refractivity contribution in [1.29, 1.82) is 0 Å². The molecule has 0 amide bonds. The molecule has 3 atom stereocenters. The summed E-state index contributed by atoms with van der Waals surface area (Å²) in [6, 6.07) is 10.4. The largest absolute Gasteiger partial charge is 0.440 e. The highest BCUT2D eigenvalue weighted by atomic mass is 79.9. The summed E-state index contributed by atoms with van der Waals surface area (Å²) in [6.07, 6.45) is 0.904. The molecule has 1 fully saturated rings. The van der Waals surface area contributed by atoms with Crippen molar-refractivity contribution in [3.63, 3.8) is 0 Å². The lowest BCUT2D eigenvalue weighted by molar-refractivity contribution is -0.384. The molecule has 1 heterocycles. The van der Waals surface area contributed by atoms with E-state index in [1.54, 1.807) is 0 Å². The molecule has 126 valence electrons. The number of fused-ring (bicyclic) bond motifs is 1. The van der Waals surface area contributed by atoms with Gasteiger partial charge in [0.15, 0.2) is 11.5 Å². The van der Waals surface area contributed by atoms with E-state index in [4.69, 9.17) is 16.0 Å². The molecule has 0 spiro atoms. The molecule has 25 heavy (non-hydrogen) atoms. The van der Waals surface area contributed by atoms with Gasteiger partial charge in [-0.25, -0.2) is 4.98 Å². The van der Waals surface area contributed by atoms with Crippen LogP contribution in [0.1, 0.15) is 23.3 Å². The molecule has 0 aliphatic heterocycles. The Morgan fingerprint density at radius 2 is 1.96 bits per heavy atom. The normalized spacial score (nSPS) is 22.1. The average molecular weight is 422 g/mol. The van der Waals surface area contributed by atoms with Gasteiger partial charge in [0, 0.05) is 16.3 Å². The van der Waals surface area contributed by atoms with Gasteiger partial charge in [0.2, 0.25) is 0 Å². The van der Waals surface area contributed by atoms with Gasteiger partial charge in [0.1, 0.15) is 16.8 Å². The third-order valence-corrected chi connectivity index (χ3v) is 5.27. The van der Waals surface area contributed by atoms with Gasteiger partial charge in [-0.2, -0.15) is 0 Å². The number of aromatic nitrogens is 1. The minimum Gasteiger partial charge on any atom is -0.440 e. The first-order valence-electron chi connectivity index (χ1n) is 7.44. The van der Waals surface area contributed by atoms with Gasteiger partial charge in [0.05, 0.1) is 16.9 Å². The number of carbonyl (C=O) groups excluding carboxylic acids is 1. The Hall–Kier alpha value is -2.25. The van der Waals surface area contributed by atoms with E-state index in [2.05, 4.69) is 20.9 Å². The smallest absolute Gasteiger partial charge is 0.291 e. The number of oxazole rings is 1. The third-order valence-electron chi connectivity index (χ3n) is 4.44. The Kier molecular flexibility index (Phi) is 3.85. The number of hydrogen-bond acceptors (Lipinski definition) is 5. The molecule has 0 N–H and O–H groups in total. The fraction of sp³-hybridized carbons (Fsp3) is 0.176. The highest BCUT2D eigenvalue weighted by molar-refractivity contribution is 9.10. The molecule has 1 aliphatic carbocycles. The molecule has 0 unspecified atom stereocenters. The molecular weight excluding hydrogens is 412 g/mol. The van der Waals surface area contributed by atoms with Gasteiger partial charge in [-0.1, -0.05) is 39.7 Å². The molecule has 1 aromatic heterocycles. The number of nitro benzene ring substituents is 1. The lowest BCUT2D eigenvalue weighted by Crippen LogP contribution is -1.88. The van der Waals surface area contributed by atoms with Crippen molar-refractivity contribution in [3.8, 4) is 0 Å². The van der Waals surface area contributed by atoms with Crippen LogP contribution in [-0.4, -0.2) is 16.2 Å². The van der Waals surface area contributed by atoms with Gasteiger partial charge < -0.3 is 9.21 Å². The molecule has 4 rings (SSSR count). The number of nitro groups is 1. The topological polar surface area (TPSA) is 86.2 Å². The van der Waals surface area contributed by atoms with E-state index in [1.807, 2.05) is 24.3 Å². The number of halogens is 2. The summed E-state index contributed by atoms with van der Waals surface area (Å²) in [5, 5.41) is 11.0. The van der Waals surface area contributed by atoms with Crippen LogP contribution < -0.4 is 0 Å². The Morgan fingerprint density at radius 3 is 2.60 bits per heavy atom. The maximum absolute atomic E-state index is 11.4. The first-order chi connectivity index (χ1) is 12.0. The minimum absolute atomic E-state index is 0.00421. The number of carbonyl (C=O) groups is 1. The lowest BCUT2D eigenvalue weighted by atomic mass is 10.1. The van der Waals surface area contributed by atoms with Gasteiger partial charge in [-0.3, -0.25) is 10.1 Å². The van der Waals surface area contributed by atoms with Gasteiger partial charge in [-0.15, -0.1) is 0 Å². The van der Waals surface area contributed by atoms with Crippen LogP contribution in [0.15, 0.2) is 45.3 Å². The summed E-state index contributed by atoms with van der Waals surface area (Å²) in [6.45, 7) is 0. The second-order valence-electron chi connectivity index (χ2n) is 5.90. The first kappa shape index (κ1) is 16.2. The summed E-state index contributed by atoms with van der Waals surface area (Å²) >= 11 is 9.30. The molecule has 0 radical (unpaired) electrons. The summed E-state index contributed by atoms with van der Waals surface area (Å²) in [5.74, 6) is -0.00990. The fourth-order valence-corrected chi connectivity index (χ4v) is 3.67. The van der Waals surface area contributed by atoms with Crippen molar-refractivity contribution >= 4 is 50.6 Å². The summed E-state index contributed by atoms with van der Waals surface area (Å²) < 4.78 is 6.66. The van der Waals surface area contributed by atoms with Crippen LogP contribution in [0.2, 0.25) is 5.02 Å². The second-order valence-corrected chi connectivity index (χ2v) is 7.22. The summed E-state index contributed by atoms with van der Waals surface area (Å²) in [4.78, 5) is 26.2. The highest BCUT2D eigenvalue weighted by Gasteiger charge is 2.54. The quantitative estimate of drug-likeness (QED) is 0.341. The summed E-state index contributed by atoms with van der Waals surface area (Å²) in [5.41, 5.74) is 1.52. The number of aldehydes is 1. The Morgan fingerprint density at radius 1 is 1.24 bits per heavy atom. The predicted octanol–water partition coefficient (Wildman–Crippen LogP) is 4.85. The first-order valence-corrected chi connectivity index (χ1v) is 8.62. The second kappa shape index (κ2) is 5.93. The maximum atomic E-state index is 11.4. The van der Waals surface area contributed by atoms with Crippen molar-refractivity contribution < 1.29 is 14.1 Å². The highest BCUT2D eigenvalue weighted by Crippen LogP contribution is 2.59. The average Bonchev–Trinajstić information content (AvgIpc) is 3.17. The molecule has 8 heteroatoms. The van der Waals surface area contributed by atoms with E-state index in [9.17, 15) is 14.9 Å². The van der Waals surface area contributed by atoms with Crippen LogP contribution in [0.3, 0.4) is 0 Å². The third kappa shape index (κ3) is 2.73. The number of nitrogens with zero attached hydrogens (tertiary/aromatic N) is 2. The monoisotopic (exact) mass is 420 g/mol. The van der Waals surface area contributed by atoms with Crippen molar-refractivity contribution in [2.75, 3.05) is 0 Å². The number of rotatable bonds is 4. The Labute approximate surface area is 155 Å². The fourth-order valence-electron chi connectivity index (χ4n) is 3.17. The molecule has 6 nitrogen and oxygen atoms in total. The minimum atomic E-state index is -0.569. The van der Waals surface area contributed by atoms with Crippen molar-refractivity contribution in [2.24, 2.45) is 5.92 Å². The van der Waals surface area contributed by atoms with Crippen LogP contribution in [0.25, 0.3) is 11.1 Å². The van der Waals surface area contributed by atoms with Crippen LogP contribution >= 0.6 is 27.5 Å². The zero-order chi connectivity index (χ0) is 17.7. The van der Waals surface area contributed by atoms with E-state index in [1.165, 1.54) is 12.1 Å². The lowest BCUT2D eigenvalue weighted by Gasteiger charge is -1.98. The Bertz CT molecular complexity index is 1000. The Balaban J connectivity index is 1.72. The van der Waals surface area contributed by atoms with Crippen molar-refractivity contribution in [3.05, 3.63) is 67.5 Å².